The highest BCUT2D eigenvalue weighted by Crippen LogP contribution is 2.33. The maximum absolute atomic E-state index is 5.59. The van der Waals surface area contributed by atoms with E-state index in [9.17, 15) is 0 Å². The van der Waals surface area contributed by atoms with Gasteiger partial charge in [-0.3, -0.25) is 4.68 Å². The summed E-state index contributed by atoms with van der Waals surface area (Å²) in [5.41, 5.74) is 1.67. The summed E-state index contributed by atoms with van der Waals surface area (Å²) in [5.74, 6) is 0. The molecule has 4 heteroatoms. The Morgan fingerprint density at radius 3 is 3.06 bits per heavy atom. The Morgan fingerprint density at radius 1 is 1.59 bits per heavy atom. The van der Waals surface area contributed by atoms with Crippen LogP contribution in [0, 0.1) is 5.41 Å². The van der Waals surface area contributed by atoms with Gasteiger partial charge in [0.1, 0.15) is 0 Å². The first kappa shape index (κ1) is 12.6. The summed E-state index contributed by atoms with van der Waals surface area (Å²) in [7, 11) is 1.97. The van der Waals surface area contributed by atoms with Crippen molar-refractivity contribution >= 4 is 0 Å². The van der Waals surface area contributed by atoms with E-state index in [2.05, 4.69) is 23.5 Å². The summed E-state index contributed by atoms with van der Waals surface area (Å²) in [5, 5.41) is 7.69. The number of hydrogen-bond acceptors (Lipinski definition) is 3. The number of nitrogens with one attached hydrogen (secondary N) is 1. The SMILES string of the molecule is CCNCC1(CCc2cnn(C)c2)CCOC1. The number of hydrogen-bond donors (Lipinski definition) is 1. The van der Waals surface area contributed by atoms with Crippen LogP contribution in [-0.2, 0) is 18.2 Å². The number of rotatable bonds is 6. The highest BCUT2D eigenvalue weighted by molar-refractivity contribution is 5.05. The molecule has 0 radical (unpaired) electrons. The van der Waals surface area contributed by atoms with Gasteiger partial charge in [0, 0.05) is 31.8 Å². The van der Waals surface area contributed by atoms with E-state index in [1.54, 1.807) is 0 Å². The normalized spacial score (nSPS) is 24.4. The largest absolute Gasteiger partial charge is 0.381 e. The van der Waals surface area contributed by atoms with Crippen LogP contribution in [0.5, 0.6) is 0 Å². The van der Waals surface area contributed by atoms with Gasteiger partial charge in [0.2, 0.25) is 0 Å². The molecule has 1 fully saturated rings. The molecule has 2 heterocycles. The molecular formula is C13H23N3O. The number of aryl methyl sites for hydroxylation is 2. The lowest BCUT2D eigenvalue weighted by atomic mass is 9.81. The van der Waals surface area contributed by atoms with E-state index in [0.717, 1.165) is 32.7 Å². The third-order valence-corrected chi connectivity index (χ3v) is 3.64. The molecule has 1 atom stereocenters. The molecule has 96 valence electrons. The van der Waals surface area contributed by atoms with E-state index in [4.69, 9.17) is 4.74 Å². The molecule has 1 aromatic rings. The molecule has 4 nitrogen and oxygen atoms in total. The number of aromatic nitrogens is 2. The summed E-state index contributed by atoms with van der Waals surface area (Å²) in [4.78, 5) is 0. The average molecular weight is 237 g/mol. The Morgan fingerprint density at radius 2 is 2.47 bits per heavy atom. The molecule has 1 aromatic heterocycles. The van der Waals surface area contributed by atoms with Crippen LogP contribution in [0.4, 0.5) is 0 Å². The van der Waals surface area contributed by atoms with Crippen molar-refractivity contribution in [1.29, 1.82) is 0 Å². The minimum absolute atomic E-state index is 0.339. The number of nitrogens with zero attached hydrogens (tertiary/aromatic N) is 2. The molecule has 1 unspecified atom stereocenters. The van der Waals surface area contributed by atoms with Gasteiger partial charge < -0.3 is 10.1 Å². The second-order valence-corrected chi connectivity index (χ2v) is 5.11. The highest BCUT2D eigenvalue weighted by Gasteiger charge is 2.33. The van der Waals surface area contributed by atoms with E-state index in [1.165, 1.54) is 18.4 Å². The Hall–Kier alpha value is -0.870. The zero-order valence-corrected chi connectivity index (χ0v) is 10.9. The van der Waals surface area contributed by atoms with Crippen LogP contribution in [0.25, 0.3) is 0 Å². The summed E-state index contributed by atoms with van der Waals surface area (Å²) in [6.07, 6.45) is 7.54. The molecule has 1 aliphatic rings. The molecule has 0 amide bonds. The fraction of sp³-hybridized carbons (Fsp3) is 0.769. The van der Waals surface area contributed by atoms with Crippen LogP contribution in [0.1, 0.15) is 25.3 Å². The molecule has 0 bridgehead atoms. The van der Waals surface area contributed by atoms with Gasteiger partial charge in [0.25, 0.3) is 0 Å². The molecule has 0 spiro atoms. The van der Waals surface area contributed by atoms with Crippen molar-refractivity contribution in [2.75, 3.05) is 26.3 Å². The van der Waals surface area contributed by atoms with Gasteiger partial charge in [0.15, 0.2) is 0 Å². The minimum atomic E-state index is 0.339. The van der Waals surface area contributed by atoms with E-state index in [-0.39, 0.29) is 0 Å². The van der Waals surface area contributed by atoms with Crippen LogP contribution >= 0.6 is 0 Å². The quantitative estimate of drug-likeness (QED) is 0.812. The summed E-state index contributed by atoms with van der Waals surface area (Å²) in [6.45, 7) is 6.09. The fourth-order valence-electron chi connectivity index (χ4n) is 2.48. The first-order valence-corrected chi connectivity index (χ1v) is 6.50. The van der Waals surface area contributed by atoms with Gasteiger partial charge in [-0.05, 0) is 31.4 Å². The Bertz CT molecular complexity index is 342. The maximum atomic E-state index is 5.59. The summed E-state index contributed by atoms with van der Waals surface area (Å²) >= 11 is 0. The Kier molecular flexibility index (Phi) is 4.18. The second kappa shape index (κ2) is 5.65. The van der Waals surface area contributed by atoms with Gasteiger partial charge in [-0.25, -0.2) is 0 Å². The molecule has 1 saturated heterocycles. The third kappa shape index (κ3) is 3.30. The van der Waals surface area contributed by atoms with Crippen molar-refractivity contribution in [3.05, 3.63) is 18.0 Å². The van der Waals surface area contributed by atoms with Crippen LogP contribution < -0.4 is 5.32 Å². The summed E-state index contributed by atoms with van der Waals surface area (Å²) < 4.78 is 7.46. The predicted molar refractivity (Wildman–Crippen MR) is 67.9 cm³/mol. The molecule has 2 rings (SSSR count). The standard InChI is InChI=1S/C13H23N3O/c1-3-14-10-13(6-7-17-11-13)5-4-12-8-15-16(2)9-12/h8-9,14H,3-7,10-11H2,1-2H3. The maximum Gasteiger partial charge on any atom is 0.0535 e. The van der Waals surface area contributed by atoms with Crippen LogP contribution in [-0.4, -0.2) is 36.1 Å². The van der Waals surface area contributed by atoms with E-state index >= 15 is 0 Å². The summed E-state index contributed by atoms with van der Waals surface area (Å²) in [6, 6.07) is 0. The van der Waals surface area contributed by atoms with E-state index < -0.39 is 0 Å². The molecule has 0 saturated carbocycles. The third-order valence-electron chi connectivity index (χ3n) is 3.64. The van der Waals surface area contributed by atoms with Gasteiger partial charge in [-0.1, -0.05) is 6.92 Å². The molecule has 0 aromatic carbocycles. The van der Waals surface area contributed by atoms with Gasteiger partial charge in [-0.2, -0.15) is 5.10 Å². The average Bonchev–Trinajstić information content (AvgIpc) is 2.94. The molecular weight excluding hydrogens is 214 g/mol. The zero-order chi connectivity index (χ0) is 12.1. The van der Waals surface area contributed by atoms with E-state index in [1.807, 2.05) is 17.9 Å². The smallest absolute Gasteiger partial charge is 0.0535 e. The minimum Gasteiger partial charge on any atom is -0.381 e. The highest BCUT2D eigenvalue weighted by atomic mass is 16.5. The van der Waals surface area contributed by atoms with Crippen molar-refractivity contribution < 1.29 is 4.74 Å². The zero-order valence-electron chi connectivity index (χ0n) is 10.9. The van der Waals surface area contributed by atoms with Gasteiger partial charge in [-0.15, -0.1) is 0 Å². The topological polar surface area (TPSA) is 39.1 Å². The van der Waals surface area contributed by atoms with Gasteiger partial charge >= 0.3 is 0 Å². The van der Waals surface area contributed by atoms with E-state index in [0.29, 0.717) is 5.41 Å². The predicted octanol–water partition coefficient (Wildman–Crippen LogP) is 1.37. The lowest BCUT2D eigenvalue weighted by Crippen LogP contribution is -2.35. The van der Waals surface area contributed by atoms with Crippen molar-refractivity contribution in [2.24, 2.45) is 12.5 Å². The molecule has 1 N–H and O–H groups in total. The van der Waals surface area contributed by atoms with Crippen LogP contribution in [0.15, 0.2) is 12.4 Å². The van der Waals surface area contributed by atoms with Crippen molar-refractivity contribution in [3.63, 3.8) is 0 Å². The van der Waals surface area contributed by atoms with Crippen molar-refractivity contribution in [2.45, 2.75) is 26.2 Å². The lowest BCUT2D eigenvalue weighted by Gasteiger charge is -2.27. The lowest BCUT2D eigenvalue weighted by molar-refractivity contribution is 0.144. The Balaban J connectivity index is 1.89. The van der Waals surface area contributed by atoms with Gasteiger partial charge in [0.05, 0.1) is 12.8 Å². The van der Waals surface area contributed by atoms with Crippen LogP contribution in [0.3, 0.4) is 0 Å². The first-order valence-electron chi connectivity index (χ1n) is 6.50. The second-order valence-electron chi connectivity index (χ2n) is 5.11. The fourth-order valence-corrected chi connectivity index (χ4v) is 2.48. The molecule has 17 heavy (non-hydrogen) atoms. The molecule has 1 aliphatic heterocycles. The first-order chi connectivity index (χ1) is 8.24. The number of ether oxygens (including phenoxy) is 1. The van der Waals surface area contributed by atoms with Crippen molar-refractivity contribution in [3.8, 4) is 0 Å². The Labute approximate surface area is 103 Å². The van der Waals surface area contributed by atoms with Crippen molar-refractivity contribution in [1.82, 2.24) is 15.1 Å². The molecule has 0 aliphatic carbocycles. The monoisotopic (exact) mass is 237 g/mol. The van der Waals surface area contributed by atoms with Crippen LogP contribution in [0.2, 0.25) is 0 Å².